The standard InChI is InChI=1S/C29H50O/c1-7-21(19(2)3)9-8-20(4)25-12-13-26-24-11-10-22-18-23(30)14-16-28(22,5)27(24)15-17-29(25,26)6/h20-27,30H,2,7-18H2,1,3-6H3. The van der Waals surface area contributed by atoms with Crippen molar-refractivity contribution in [2.24, 2.45) is 52.3 Å². The van der Waals surface area contributed by atoms with Crippen LogP contribution in [0.1, 0.15) is 112 Å². The van der Waals surface area contributed by atoms with Gasteiger partial charge in [-0.3, -0.25) is 0 Å². The van der Waals surface area contributed by atoms with Gasteiger partial charge < -0.3 is 5.11 Å². The number of hydrogen-bond acceptors (Lipinski definition) is 1. The van der Waals surface area contributed by atoms with E-state index in [2.05, 4.69) is 41.2 Å². The van der Waals surface area contributed by atoms with E-state index in [1.165, 1.54) is 69.8 Å². The summed E-state index contributed by atoms with van der Waals surface area (Å²) < 4.78 is 0. The number of hydrogen-bond donors (Lipinski definition) is 1. The second-order valence-electron chi connectivity index (χ2n) is 12.8. The van der Waals surface area contributed by atoms with Crippen LogP contribution in [-0.2, 0) is 0 Å². The lowest BCUT2D eigenvalue weighted by Gasteiger charge is -2.61. The first kappa shape index (κ1) is 22.9. The molecule has 0 spiro atoms. The molecule has 4 aliphatic carbocycles. The molecule has 30 heavy (non-hydrogen) atoms. The van der Waals surface area contributed by atoms with Gasteiger partial charge >= 0.3 is 0 Å². The summed E-state index contributed by atoms with van der Waals surface area (Å²) in [5.74, 6) is 6.18. The third-order valence-corrected chi connectivity index (χ3v) is 11.6. The van der Waals surface area contributed by atoms with E-state index in [0.29, 0.717) is 10.8 Å². The van der Waals surface area contributed by atoms with Gasteiger partial charge in [0.05, 0.1) is 6.10 Å². The maximum Gasteiger partial charge on any atom is 0.0543 e. The zero-order chi connectivity index (χ0) is 21.7. The topological polar surface area (TPSA) is 20.2 Å². The fraction of sp³-hybridized carbons (Fsp3) is 0.931. The second-order valence-corrected chi connectivity index (χ2v) is 12.8. The van der Waals surface area contributed by atoms with E-state index in [1.807, 2.05) is 0 Å². The minimum atomic E-state index is -0.0173. The van der Waals surface area contributed by atoms with Crippen molar-refractivity contribution in [3.63, 3.8) is 0 Å². The Bertz CT molecular complexity index is 624. The molecule has 0 heterocycles. The summed E-state index contributed by atoms with van der Waals surface area (Å²) in [4.78, 5) is 0. The molecule has 0 aromatic rings. The first-order chi connectivity index (χ1) is 14.2. The summed E-state index contributed by atoms with van der Waals surface area (Å²) in [7, 11) is 0. The van der Waals surface area contributed by atoms with Gasteiger partial charge in [-0.25, -0.2) is 0 Å². The van der Waals surface area contributed by atoms with Crippen LogP contribution in [0.4, 0.5) is 0 Å². The molecule has 0 aromatic heterocycles. The molecule has 4 rings (SSSR count). The van der Waals surface area contributed by atoms with Crippen LogP contribution in [0.5, 0.6) is 0 Å². The van der Waals surface area contributed by atoms with Crippen molar-refractivity contribution in [3.8, 4) is 0 Å². The average Bonchev–Trinajstić information content (AvgIpc) is 3.06. The monoisotopic (exact) mass is 414 g/mol. The van der Waals surface area contributed by atoms with Crippen LogP contribution >= 0.6 is 0 Å². The van der Waals surface area contributed by atoms with E-state index in [1.54, 1.807) is 0 Å². The Kier molecular flexibility index (Phi) is 6.53. The largest absolute Gasteiger partial charge is 0.393 e. The molecule has 0 aliphatic heterocycles. The predicted octanol–water partition coefficient (Wildman–Crippen LogP) is 8.02. The van der Waals surface area contributed by atoms with Crippen LogP contribution in [0.2, 0.25) is 0 Å². The van der Waals surface area contributed by atoms with Gasteiger partial charge in [0, 0.05) is 0 Å². The minimum absolute atomic E-state index is 0.0173. The Labute approximate surface area is 187 Å². The van der Waals surface area contributed by atoms with Gasteiger partial charge in [0.15, 0.2) is 0 Å². The van der Waals surface area contributed by atoms with Crippen molar-refractivity contribution in [2.75, 3.05) is 0 Å². The van der Waals surface area contributed by atoms with Crippen molar-refractivity contribution >= 4 is 0 Å². The molecule has 1 nitrogen and oxygen atoms in total. The maximum absolute atomic E-state index is 10.3. The van der Waals surface area contributed by atoms with Crippen molar-refractivity contribution in [3.05, 3.63) is 12.2 Å². The average molecular weight is 415 g/mol. The summed E-state index contributed by atoms with van der Waals surface area (Å²) in [6.45, 7) is 16.7. The fourth-order valence-corrected chi connectivity index (χ4v) is 9.67. The molecule has 0 amide bonds. The molecule has 4 fully saturated rings. The molecule has 1 N–H and O–H groups in total. The Morgan fingerprint density at radius 3 is 2.37 bits per heavy atom. The van der Waals surface area contributed by atoms with Crippen molar-refractivity contribution in [1.82, 2.24) is 0 Å². The van der Waals surface area contributed by atoms with Crippen LogP contribution in [0, 0.1) is 52.3 Å². The quantitative estimate of drug-likeness (QED) is 0.436. The Balaban J connectivity index is 1.45. The molecule has 4 saturated carbocycles. The van der Waals surface area contributed by atoms with Gasteiger partial charge in [-0.1, -0.05) is 39.8 Å². The highest BCUT2D eigenvalue weighted by Gasteiger charge is 2.60. The number of aliphatic hydroxyl groups excluding tert-OH is 1. The number of allylic oxidation sites excluding steroid dienone is 1. The summed E-state index contributed by atoms with van der Waals surface area (Å²) in [5, 5.41) is 10.3. The third kappa shape index (κ3) is 3.74. The normalized spacial score (nSPS) is 47.7. The number of fused-ring (bicyclic) bond motifs is 5. The molecule has 4 aliphatic rings. The smallest absolute Gasteiger partial charge is 0.0543 e. The van der Waals surface area contributed by atoms with Gasteiger partial charge in [-0.05, 0) is 136 Å². The zero-order valence-corrected chi connectivity index (χ0v) is 20.8. The van der Waals surface area contributed by atoms with E-state index in [9.17, 15) is 5.11 Å². The van der Waals surface area contributed by atoms with Crippen molar-refractivity contribution < 1.29 is 5.11 Å². The molecular formula is C29H50O. The van der Waals surface area contributed by atoms with Crippen LogP contribution < -0.4 is 0 Å². The van der Waals surface area contributed by atoms with Gasteiger partial charge in [0.25, 0.3) is 0 Å². The molecule has 172 valence electrons. The number of rotatable bonds is 6. The SMILES string of the molecule is C=C(C)C(CC)CCC(C)C1CCC2C3CCC4CC(O)CCC4(C)C3CCC12C. The van der Waals surface area contributed by atoms with E-state index in [-0.39, 0.29) is 6.10 Å². The number of aliphatic hydroxyl groups is 1. The molecule has 0 radical (unpaired) electrons. The first-order valence-corrected chi connectivity index (χ1v) is 13.5. The Morgan fingerprint density at radius 1 is 0.967 bits per heavy atom. The van der Waals surface area contributed by atoms with Crippen LogP contribution in [0.15, 0.2) is 12.2 Å². The highest BCUT2D eigenvalue weighted by Crippen LogP contribution is 2.68. The van der Waals surface area contributed by atoms with Gasteiger partial charge in [-0.15, -0.1) is 0 Å². The van der Waals surface area contributed by atoms with Crippen LogP contribution in [-0.4, -0.2) is 11.2 Å². The van der Waals surface area contributed by atoms with E-state index < -0.39 is 0 Å². The predicted molar refractivity (Wildman–Crippen MR) is 128 cm³/mol. The lowest BCUT2D eigenvalue weighted by atomic mass is 9.44. The van der Waals surface area contributed by atoms with E-state index in [0.717, 1.165) is 54.3 Å². The molecule has 10 atom stereocenters. The molecule has 10 unspecified atom stereocenters. The summed E-state index contributed by atoms with van der Waals surface area (Å²) >= 11 is 0. The summed E-state index contributed by atoms with van der Waals surface area (Å²) in [6, 6.07) is 0. The minimum Gasteiger partial charge on any atom is -0.393 e. The summed E-state index contributed by atoms with van der Waals surface area (Å²) in [6.07, 6.45) is 16.1. The zero-order valence-electron chi connectivity index (χ0n) is 20.8. The lowest BCUT2D eigenvalue weighted by molar-refractivity contribution is -0.129. The Morgan fingerprint density at radius 2 is 1.67 bits per heavy atom. The Hall–Kier alpha value is -0.300. The summed E-state index contributed by atoms with van der Waals surface area (Å²) in [5.41, 5.74) is 2.50. The van der Waals surface area contributed by atoms with E-state index in [4.69, 9.17) is 0 Å². The lowest BCUT2D eigenvalue weighted by Crippen LogP contribution is -2.54. The van der Waals surface area contributed by atoms with Crippen molar-refractivity contribution in [2.45, 2.75) is 118 Å². The molecule has 0 saturated heterocycles. The van der Waals surface area contributed by atoms with Crippen molar-refractivity contribution in [1.29, 1.82) is 0 Å². The van der Waals surface area contributed by atoms with Gasteiger partial charge in [0.2, 0.25) is 0 Å². The fourth-order valence-electron chi connectivity index (χ4n) is 9.67. The first-order valence-electron chi connectivity index (χ1n) is 13.5. The molecule has 0 aromatic carbocycles. The van der Waals surface area contributed by atoms with E-state index >= 15 is 0 Å². The second kappa shape index (κ2) is 8.57. The highest BCUT2D eigenvalue weighted by molar-refractivity contribution is 5.09. The molecule has 1 heteroatoms. The van der Waals surface area contributed by atoms with Gasteiger partial charge in [0.1, 0.15) is 0 Å². The highest BCUT2D eigenvalue weighted by atomic mass is 16.3. The van der Waals surface area contributed by atoms with Crippen LogP contribution in [0.25, 0.3) is 0 Å². The molecular weight excluding hydrogens is 364 g/mol. The molecule has 0 bridgehead atoms. The van der Waals surface area contributed by atoms with Crippen LogP contribution in [0.3, 0.4) is 0 Å². The third-order valence-electron chi connectivity index (χ3n) is 11.6. The maximum atomic E-state index is 10.3. The van der Waals surface area contributed by atoms with Gasteiger partial charge in [-0.2, -0.15) is 0 Å².